The lowest BCUT2D eigenvalue weighted by Gasteiger charge is -2.37. The molecular formula is C11H26N2O2S. The second kappa shape index (κ2) is 5.98. The van der Waals surface area contributed by atoms with Crippen LogP contribution in [0.25, 0.3) is 0 Å². The molecule has 1 atom stereocenters. The van der Waals surface area contributed by atoms with Gasteiger partial charge in [-0.1, -0.05) is 6.92 Å². The highest BCUT2D eigenvalue weighted by atomic mass is 32.2. The first-order chi connectivity index (χ1) is 7.19. The molecule has 0 aliphatic rings. The lowest BCUT2D eigenvalue weighted by Crippen LogP contribution is -2.50. The van der Waals surface area contributed by atoms with Gasteiger partial charge in [0.25, 0.3) is 0 Å². The fourth-order valence-corrected chi connectivity index (χ4v) is 2.34. The summed E-state index contributed by atoms with van der Waals surface area (Å²) >= 11 is 0. The van der Waals surface area contributed by atoms with Crippen LogP contribution in [0.2, 0.25) is 0 Å². The molecule has 16 heavy (non-hydrogen) atoms. The van der Waals surface area contributed by atoms with E-state index in [1.165, 1.54) is 0 Å². The summed E-state index contributed by atoms with van der Waals surface area (Å²) in [4.78, 5) is 2.05. The fraction of sp³-hybridized carbons (Fsp3) is 1.00. The van der Waals surface area contributed by atoms with E-state index in [1.54, 1.807) is 13.8 Å². The summed E-state index contributed by atoms with van der Waals surface area (Å²) in [6.45, 7) is 8.66. The molecule has 1 unspecified atom stereocenters. The Morgan fingerprint density at radius 1 is 1.38 bits per heavy atom. The molecular weight excluding hydrogens is 224 g/mol. The van der Waals surface area contributed by atoms with Crippen LogP contribution in [0.1, 0.15) is 34.1 Å². The van der Waals surface area contributed by atoms with E-state index in [9.17, 15) is 8.42 Å². The van der Waals surface area contributed by atoms with Gasteiger partial charge in [-0.15, -0.1) is 0 Å². The number of nitrogens with zero attached hydrogens (tertiary/aromatic N) is 1. The largest absolute Gasteiger partial charge is 0.329 e. The normalized spacial score (nSPS) is 16.8. The van der Waals surface area contributed by atoms with E-state index in [2.05, 4.69) is 13.8 Å². The molecule has 0 rings (SSSR count). The summed E-state index contributed by atoms with van der Waals surface area (Å²) in [6, 6.07) is 0. The van der Waals surface area contributed by atoms with Crippen LogP contribution in [0.5, 0.6) is 0 Å². The summed E-state index contributed by atoms with van der Waals surface area (Å²) in [5, 5.41) is -0.299. The molecule has 5 heteroatoms. The summed E-state index contributed by atoms with van der Waals surface area (Å²) in [5.74, 6) is 0.205. The maximum Gasteiger partial charge on any atom is 0.153 e. The molecule has 0 aromatic heterocycles. The number of sulfone groups is 1. The topological polar surface area (TPSA) is 63.4 Å². The zero-order chi connectivity index (χ0) is 13.0. The molecule has 0 aliphatic heterocycles. The summed E-state index contributed by atoms with van der Waals surface area (Å²) in [6.07, 6.45) is 0.918. The first-order valence-electron chi connectivity index (χ1n) is 5.82. The Bertz CT molecular complexity index is 295. The number of hydrogen-bond donors (Lipinski definition) is 1. The van der Waals surface area contributed by atoms with Crippen molar-refractivity contribution < 1.29 is 8.42 Å². The lowest BCUT2D eigenvalue weighted by molar-refractivity contribution is 0.148. The first-order valence-corrected chi connectivity index (χ1v) is 7.54. The molecule has 0 aromatic carbocycles. The quantitative estimate of drug-likeness (QED) is 0.728. The standard InChI is InChI=1S/C11H26N2O2S/c1-6-11(4,9-12)13(5)7-8-16(14,15)10(2)3/h10H,6-9,12H2,1-5H3. The van der Waals surface area contributed by atoms with Crippen LogP contribution >= 0.6 is 0 Å². The average molecular weight is 250 g/mol. The van der Waals surface area contributed by atoms with Crippen LogP contribution < -0.4 is 5.73 Å². The van der Waals surface area contributed by atoms with Gasteiger partial charge in [0.05, 0.1) is 11.0 Å². The second-order valence-electron chi connectivity index (χ2n) is 4.89. The minimum absolute atomic E-state index is 0.105. The van der Waals surface area contributed by atoms with Crippen molar-refractivity contribution in [1.82, 2.24) is 4.90 Å². The number of rotatable bonds is 7. The lowest BCUT2D eigenvalue weighted by atomic mass is 9.97. The van der Waals surface area contributed by atoms with Crippen LogP contribution in [0.4, 0.5) is 0 Å². The predicted molar refractivity (Wildman–Crippen MR) is 69.3 cm³/mol. The molecule has 0 fully saturated rings. The molecule has 0 bridgehead atoms. The molecule has 0 amide bonds. The van der Waals surface area contributed by atoms with E-state index in [0.717, 1.165) is 6.42 Å². The average Bonchev–Trinajstić information content (AvgIpc) is 2.24. The van der Waals surface area contributed by atoms with Gasteiger partial charge in [0.15, 0.2) is 9.84 Å². The molecule has 0 aromatic rings. The fourth-order valence-electron chi connectivity index (χ4n) is 1.34. The van der Waals surface area contributed by atoms with Crippen molar-refractivity contribution in [2.24, 2.45) is 5.73 Å². The predicted octanol–water partition coefficient (Wildman–Crippen LogP) is 0.869. The van der Waals surface area contributed by atoms with Gasteiger partial charge in [0.2, 0.25) is 0 Å². The van der Waals surface area contributed by atoms with Gasteiger partial charge in [0.1, 0.15) is 0 Å². The van der Waals surface area contributed by atoms with Crippen molar-refractivity contribution in [3.05, 3.63) is 0 Å². The summed E-state index contributed by atoms with van der Waals surface area (Å²) in [5.41, 5.74) is 5.62. The minimum atomic E-state index is -2.95. The van der Waals surface area contributed by atoms with Crippen molar-refractivity contribution in [3.8, 4) is 0 Å². The maximum absolute atomic E-state index is 11.7. The van der Waals surface area contributed by atoms with E-state index in [0.29, 0.717) is 13.1 Å². The molecule has 0 saturated carbocycles. The first kappa shape index (κ1) is 15.9. The van der Waals surface area contributed by atoms with Gasteiger partial charge in [-0.2, -0.15) is 0 Å². The van der Waals surface area contributed by atoms with Gasteiger partial charge in [-0.3, -0.25) is 4.90 Å². The van der Waals surface area contributed by atoms with Crippen molar-refractivity contribution in [3.63, 3.8) is 0 Å². The van der Waals surface area contributed by atoms with Crippen molar-refractivity contribution in [1.29, 1.82) is 0 Å². The Morgan fingerprint density at radius 2 is 1.88 bits per heavy atom. The third kappa shape index (κ3) is 4.03. The van der Waals surface area contributed by atoms with Crippen molar-refractivity contribution >= 4 is 9.84 Å². The Morgan fingerprint density at radius 3 is 2.19 bits per heavy atom. The summed E-state index contributed by atoms with van der Waals surface area (Å²) < 4.78 is 23.4. The van der Waals surface area contributed by atoms with Crippen LogP contribution in [0.3, 0.4) is 0 Å². The van der Waals surface area contributed by atoms with E-state index in [1.807, 2.05) is 11.9 Å². The summed E-state index contributed by atoms with van der Waals surface area (Å²) in [7, 11) is -1.02. The molecule has 0 heterocycles. The maximum atomic E-state index is 11.7. The van der Waals surface area contributed by atoms with Crippen LogP contribution in [-0.2, 0) is 9.84 Å². The Kier molecular flexibility index (Phi) is 5.93. The van der Waals surface area contributed by atoms with Crippen LogP contribution in [0.15, 0.2) is 0 Å². The highest BCUT2D eigenvalue weighted by molar-refractivity contribution is 7.92. The Labute approximate surface area is 100 Å². The Balaban J connectivity index is 4.43. The third-order valence-corrected chi connectivity index (χ3v) is 5.74. The molecule has 0 aliphatic carbocycles. The van der Waals surface area contributed by atoms with E-state index in [-0.39, 0.29) is 16.5 Å². The molecule has 98 valence electrons. The number of likely N-dealkylation sites (N-methyl/N-ethyl adjacent to an activating group) is 1. The van der Waals surface area contributed by atoms with Gasteiger partial charge in [-0.05, 0) is 34.2 Å². The van der Waals surface area contributed by atoms with Crippen molar-refractivity contribution in [2.75, 3.05) is 25.9 Å². The van der Waals surface area contributed by atoms with Gasteiger partial charge in [-0.25, -0.2) is 8.42 Å². The highest BCUT2D eigenvalue weighted by Gasteiger charge is 2.27. The monoisotopic (exact) mass is 250 g/mol. The minimum Gasteiger partial charge on any atom is -0.329 e. The molecule has 4 nitrogen and oxygen atoms in total. The van der Waals surface area contributed by atoms with E-state index < -0.39 is 9.84 Å². The number of hydrogen-bond acceptors (Lipinski definition) is 4. The molecule has 0 saturated heterocycles. The zero-order valence-electron chi connectivity index (χ0n) is 11.2. The van der Waals surface area contributed by atoms with E-state index in [4.69, 9.17) is 5.73 Å². The zero-order valence-corrected chi connectivity index (χ0v) is 12.0. The van der Waals surface area contributed by atoms with Crippen LogP contribution in [0, 0.1) is 0 Å². The SMILES string of the molecule is CCC(C)(CN)N(C)CCS(=O)(=O)C(C)C. The van der Waals surface area contributed by atoms with Gasteiger partial charge < -0.3 is 5.73 Å². The number of nitrogens with two attached hydrogens (primary N) is 1. The third-order valence-electron chi connectivity index (χ3n) is 3.55. The second-order valence-corrected chi connectivity index (χ2v) is 7.57. The van der Waals surface area contributed by atoms with Crippen molar-refractivity contribution in [2.45, 2.75) is 44.9 Å². The van der Waals surface area contributed by atoms with Gasteiger partial charge in [0, 0.05) is 18.6 Å². The molecule has 0 spiro atoms. The Hall–Kier alpha value is -0.130. The molecule has 2 N–H and O–H groups in total. The smallest absolute Gasteiger partial charge is 0.153 e. The van der Waals surface area contributed by atoms with Gasteiger partial charge >= 0.3 is 0 Å². The van der Waals surface area contributed by atoms with Crippen LogP contribution in [-0.4, -0.2) is 50.0 Å². The highest BCUT2D eigenvalue weighted by Crippen LogP contribution is 2.16. The molecule has 0 radical (unpaired) electrons. The van der Waals surface area contributed by atoms with E-state index >= 15 is 0 Å².